The Balaban J connectivity index is 1.56. The van der Waals surface area contributed by atoms with E-state index in [0.29, 0.717) is 23.9 Å². The van der Waals surface area contributed by atoms with Gasteiger partial charge in [0.1, 0.15) is 5.75 Å². The Morgan fingerprint density at radius 1 is 1.27 bits per heavy atom. The molecule has 1 aromatic rings. The number of anilines is 1. The van der Waals surface area contributed by atoms with Crippen molar-refractivity contribution in [1.29, 1.82) is 0 Å². The molecule has 0 radical (unpaired) electrons. The molecule has 1 aromatic carbocycles. The largest absolute Gasteiger partial charge is 0.573 e. The Morgan fingerprint density at radius 3 is 2.73 bits per heavy atom. The maximum absolute atomic E-state index is 12.2. The number of ether oxygens (including phenoxy) is 1. The minimum atomic E-state index is -4.73. The van der Waals surface area contributed by atoms with E-state index >= 15 is 0 Å². The molecule has 3 unspecified atom stereocenters. The first kappa shape index (κ1) is 15.2. The van der Waals surface area contributed by atoms with Gasteiger partial charge in [-0.1, -0.05) is 12.5 Å². The van der Waals surface area contributed by atoms with Gasteiger partial charge in [0, 0.05) is 18.2 Å². The van der Waals surface area contributed by atoms with Crippen molar-refractivity contribution >= 4 is 11.6 Å². The third kappa shape index (κ3) is 3.72. The second-order valence-electron chi connectivity index (χ2n) is 6.26. The van der Waals surface area contributed by atoms with Crippen LogP contribution in [0.5, 0.6) is 5.75 Å². The van der Waals surface area contributed by atoms with Crippen LogP contribution < -0.4 is 10.1 Å². The van der Waals surface area contributed by atoms with E-state index in [9.17, 15) is 18.0 Å². The summed E-state index contributed by atoms with van der Waals surface area (Å²) >= 11 is 0. The standard InChI is InChI=1S/C16H18F3NO2/c17-16(18,19)22-14-3-1-2-13(9-14)20-15(21)8-12-7-10-4-5-11(12)6-10/h1-3,9-12H,4-8H2,(H,20,21). The first-order valence-corrected chi connectivity index (χ1v) is 7.55. The van der Waals surface area contributed by atoms with Crippen LogP contribution in [0.2, 0.25) is 0 Å². The summed E-state index contributed by atoms with van der Waals surface area (Å²) in [4.78, 5) is 12.1. The van der Waals surface area contributed by atoms with Gasteiger partial charge in [0.15, 0.2) is 0 Å². The highest BCUT2D eigenvalue weighted by molar-refractivity contribution is 5.91. The lowest BCUT2D eigenvalue weighted by Crippen LogP contribution is -2.20. The van der Waals surface area contributed by atoms with Crippen LogP contribution in [-0.4, -0.2) is 12.3 Å². The summed E-state index contributed by atoms with van der Waals surface area (Å²) in [5.74, 6) is 1.38. The van der Waals surface area contributed by atoms with Gasteiger partial charge in [-0.2, -0.15) is 0 Å². The number of fused-ring (bicyclic) bond motifs is 2. The van der Waals surface area contributed by atoms with Gasteiger partial charge in [-0.3, -0.25) is 4.79 Å². The maximum Gasteiger partial charge on any atom is 0.573 e. The highest BCUT2D eigenvalue weighted by Crippen LogP contribution is 2.49. The van der Waals surface area contributed by atoms with Crippen molar-refractivity contribution < 1.29 is 22.7 Å². The molecule has 0 heterocycles. The highest BCUT2D eigenvalue weighted by Gasteiger charge is 2.40. The molecule has 2 bridgehead atoms. The summed E-state index contributed by atoms with van der Waals surface area (Å²) in [6.07, 6.45) is 0.538. The molecule has 3 nitrogen and oxygen atoms in total. The van der Waals surface area contributed by atoms with E-state index in [-0.39, 0.29) is 11.7 Å². The van der Waals surface area contributed by atoms with E-state index < -0.39 is 6.36 Å². The van der Waals surface area contributed by atoms with Gasteiger partial charge in [0.25, 0.3) is 0 Å². The van der Waals surface area contributed by atoms with Crippen molar-refractivity contribution in [1.82, 2.24) is 0 Å². The molecule has 1 amide bonds. The number of benzene rings is 1. The number of hydrogen-bond acceptors (Lipinski definition) is 2. The minimum absolute atomic E-state index is 0.137. The molecule has 120 valence electrons. The van der Waals surface area contributed by atoms with Crippen LogP contribution in [0.25, 0.3) is 0 Å². The molecule has 22 heavy (non-hydrogen) atoms. The predicted octanol–water partition coefficient (Wildman–Crippen LogP) is 4.35. The van der Waals surface area contributed by atoms with Crippen LogP contribution in [0.15, 0.2) is 24.3 Å². The summed E-state index contributed by atoms with van der Waals surface area (Å²) in [5, 5.41) is 2.67. The zero-order valence-corrected chi connectivity index (χ0v) is 12.0. The lowest BCUT2D eigenvalue weighted by Gasteiger charge is -2.21. The highest BCUT2D eigenvalue weighted by atomic mass is 19.4. The molecule has 0 spiro atoms. The Labute approximate surface area is 126 Å². The molecule has 2 saturated carbocycles. The molecule has 0 aromatic heterocycles. The van der Waals surface area contributed by atoms with E-state index in [0.717, 1.165) is 12.3 Å². The third-order valence-corrected chi connectivity index (χ3v) is 4.68. The molecule has 6 heteroatoms. The van der Waals surface area contributed by atoms with Crippen molar-refractivity contribution in [3.8, 4) is 5.75 Å². The molecule has 3 rings (SSSR count). The van der Waals surface area contributed by atoms with E-state index in [1.54, 1.807) is 6.07 Å². The SMILES string of the molecule is O=C(CC1CC2CCC1C2)Nc1cccc(OC(F)(F)F)c1. The number of amides is 1. The Hall–Kier alpha value is -1.72. The smallest absolute Gasteiger partial charge is 0.406 e. The lowest BCUT2D eigenvalue weighted by molar-refractivity contribution is -0.274. The molecule has 0 saturated heterocycles. The van der Waals surface area contributed by atoms with Crippen molar-refractivity contribution in [2.75, 3.05) is 5.32 Å². The molecule has 3 atom stereocenters. The number of carbonyl (C=O) groups is 1. The van der Waals surface area contributed by atoms with Crippen LogP contribution in [0.3, 0.4) is 0 Å². The second-order valence-corrected chi connectivity index (χ2v) is 6.26. The monoisotopic (exact) mass is 313 g/mol. The van der Waals surface area contributed by atoms with Gasteiger partial charge < -0.3 is 10.1 Å². The molecule has 0 aliphatic heterocycles. The topological polar surface area (TPSA) is 38.3 Å². The van der Waals surface area contributed by atoms with Crippen molar-refractivity contribution in [2.24, 2.45) is 17.8 Å². The fourth-order valence-corrected chi connectivity index (χ4v) is 3.85. The van der Waals surface area contributed by atoms with E-state index in [1.165, 1.54) is 37.5 Å². The summed E-state index contributed by atoms with van der Waals surface area (Å²) in [6.45, 7) is 0. The fraction of sp³-hybridized carbons (Fsp3) is 0.562. The number of carbonyl (C=O) groups excluding carboxylic acids is 1. The van der Waals surface area contributed by atoms with Crippen LogP contribution in [0.4, 0.5) is 18.9 Å². The molecular formula is C16H18F3NO2. The van der Waals surface area contributed by atoms with Crippen LogP contribution in [-0.2, 0) is 4.79 Å². The number of hydrogen-bond donors (Lipinski definition) is 1. The summed E-state index contributed by atoms with van der Waals surface area (Å²) in [6, 6.07) is 5.38. The molecule has 2 aliphatic carbocycles. The average molecular weight is 313 g/mol. The maximum atomic E-state index is 12.2. The van der Waals surface area contributed by atoms with Crippen molar-refractivity contribution in [2.45, 2.75) is 38.5 Å². The Morgan fingerprint density at radius 2 is 2.09 bits per heavy atom. The van der Waals surface area contributed by atoms with E-state index in [1.807, 2.05) is 0 Å². The van der Waals surface area contributed by atoms with Gasteiger partial charge >= 0.3 is 6.36 Å². The zero-order valence-electron chi connectivity index (χ0n) is 12.0. The summed E-state index contributed by atoms with van der Waals surface area (Å²) in [5.41, 5.74) is 0.329. The zero-order chi connectivity index (χ0) is 15.7. The second kappa shape index (κ2) is 5.82. The van der Waals surface area contributed by atoms with Crippen LogP contribution in [0, 0.1) is 17.8 Å². The number of alkyl halides is 3. The quantitative estimate of drug-likeness (QED) is 0.897. The van der Waals surface area contributed by atoms with Crippen molar-refractivity contribution in [3.63, 3.8) is 0 Å². The van der Waals surface area contributed by atoms with Gasteiger partial charge in [-0.05, 0) is 49.1 Å². The Bertz CT molecular complexity index is 559. The first-order chi connectivity index (χ1) is 10.4. The molecule has 2 aliphatic rings. The van der Waals surface area contributed by atoms with E-state index in [2.05, 4.69) is 10.1 Å². The molecular weight excluding hydrogens is 295 g/mol. The molecule has 1 N–H and O–H groups in total. The summed E-state index contributed by atoms with van der Waals surface area (Å²) in [7, 11) is 0. The fourth-order valence-electron chi connectivity index (χ4n) is 3.85. The average Bonchev–Trinajstić information content (AvgIpc) is 2.99. The van der Waals surface area contributed by atoms with Crippen molar-refractivity contribution in [3.05, 3.63) is 24.3 Å². The van der Waals surface area contributed by atoms with Gasteiger partial charge in [0.05, 0.1) is 0 Å². The first-order valence-electron chi connectivity index (χ1n) is 7.55. The Kier molecular flexibility index (Phi) is 4.02. The third-order valence-electron chi connectivity index (χ3n) is 4.68. The minimum Gasteiger partial charge on any atom is -0.406 e. The number of halogens is 3. The molecule has 2 fully saturated rings. The number of nitrogens with one attached hydrogen (secondary N) is 1. The van der Waals surface area contributed by atoms with Crippen LogP contribution >= 0.6 is 0 Å². The normalized spacial score (nSPS) is 27.0. The number of rotatable bonds is 4. The predicted molar refractivity (Wildman–Crippen MR) is 75.3 cm³/mol. The van der Waals surface area contributed by atoms with Gasteiger partial charge in [0.2, 0.25) is 5.91 Å². The summed E-state index contributed by atoms with van der Waals surface area (Å²) < 4.78 is 40.4. The van der Waals surface area contributed by atoms with Gasteiger partial charge in [-0.25, -0.2) is 0 Å². The van der Waals surface area contributed by atoms with E-state index in [4.69, 9.17) is 0 Å². The lowest BCUT2D eigenvalue weighted by atomic mass is 9.86. The van der Waals surface area contributed by atoms with Crippen LogP contribution in [0.1, 0.15) is 32.1 Å². The van der Waals surface area contributed by atoms with Gasteiger partial charge in [-0.15, -0.1) is 13.2 Å².